The third-order valence-electron chi connectivity index (χ3n) is 2.80. The summed E-state index contributed by atoms with van der Waals surface area (Å²) in [7, 11) is 2.16. The molecule has 1 rings (SSSR count). The Morgan fingerprint density at radius 2 is 1.94 bits per heavy atom. The molecule has 96 valence electrons. The zero-order valence-corrected chi connectivity index (χ0v) is 12.9. The molecule has 1 aromatic carbocycles. The minimum atomic E-state index is 0.139. The first-order valence-corrected chi connectivity index (χ1v) is 8.00. The zero-order chi connectivity index (χ0) is 12.7. The van der Waals surface area contributed by atoms with E-state index in [0.29, 0.717) is 0 Å². The average Bonchev–Trinajstić information content (AvgIpc) is 2.34. The van der Waals surface area contributed by atoms with Gasteiger partial charge in [-0.05, 0) is 44.0 Å². The highest BCUT2D eigenvalue weighted by Gasteiger charge is 2.07. The number of hydrogen-bond acceptors (Lipinski definition) is 3. The van der Waals surface area contributed by atoms with Gasteiger partial charge in [-0.25, -0.2) is 0 Å². The monoisotopic (exact) mass is 316 g/mol. The summed E-state index contributed by atoms with van der Waals surface area (Å²) >= 11 is 5.32. The molecule has 0 saturated carbocycles. The molecular formula is C13H21BrN2S. The van der Waals surface area contributed by atoms with Crippen LogP contribution in [0.15, 0.2) is 28.7 Å². The molecule has 2 nitrogen and oxygen atoms in total. The number of thioether (sulfide) groups is 1. The van der Waals surface area contributed by atoms with Crippen LogP contribution in [-0.4, -0.2) is 37.0 Å². The van der Waals surface area contributed by atoms with E-state index in [-0.39, 0.29) is 6.04 Å². The minimum absolute atomic E-state index is 0.139. The van der Waals surface area contributed by atoms with Crippen LogP contribution >= 0.6 is 27.7 Å². The van der Waals surface area contributed by atoms with Crippen LogP contribution in [0.4, 0.5) is 0 Å². The van der Waals surface area contributed by atoms with E-state index in [1.54, 1.807) is 0 Å². The fourth-order valence-electron chi connectivity index (χ4n) is 1.60. The SMILES string of the molecule is CSCCN(C)CCC(N)c1ccc(Br)cc1. The fraction of sp³-hybridized carbons (Fsp3) is 0.538. The van der Waals surface area contributed by atoms with Gasteiger partial charge in [0.1, 0.15) is 0 Å². The van der Waals surface area contributed by atoms with Crippen LogP contribution in [0.2, 0.25) is 0 Å². The number of benzene rings is 1. The minimum Gasteiger partial charge on any atom is -0.324 e. The number of hydrogen-bond donors (Lipinski definition) is 1. The standard InChI is InChI=1S/C13H21BrN2S/c1-16(9-10-17-2)8-7-13(15)11-3-5-12(14)6-4-11/h3-6,13H,7-10,15H2,1-2H3. The van der Waals surface area contributed by atoms with Crippen LogP contribution in [0, 0.1) is 0 Å². The molecule has 1 aromatic rings. The van der Waals surface area contributed by atoms with Gasteiger partial charge in [-0.1, -0.05) is 28.1 Å². The molecule has 0 spiro atoms. The summed E-state index contributed by atoms with van der Waals surface area (Å²) in [6.07, 6.45) is 3.15. The number of nitrogens with two attached hydrogens (primary N) is 1. The summed E-state index contributed by atoms with van der Waals surface area (Å²) in [5.74, 6) is 1.18. The van der Waals surface area contributed by atoms with E-state index in [4.69, 9.17) is 5.73 Å². The molecule has 1 atom stereocenters. The first-order valence-electron chi connectivity index (χ1n) is 5.82. The van der Waals surface area contributed by atoms with E-state index >= 15 is 0 Å². The van der Waals surface area contributed by atoms with Crippen molar-refractivity contribution in [2.45, 2.75) is 12.5 Å². The highest BCUT2D eigenvalue weighted by atomic mass is 79.9. The fourth-order valence-corrected chi connectivity index (χ4v) is 2.35. The maximum atomic E-state index is 6.17. The van der Waals surface area contributed by atoms with Gasteiger partial charge in [0.2, 0.25) is 0 Å². The first kappa shape index (κ1) is 15.0. The van der Waals surface area contributed by atoms with Gasteiger partial charge in [0, 0.05) is 22.8 Å². The van der Waals surface area contributed by atoms with Crippen molar-refractivity contribution in [2.24, 2.45) is 5.73 Å². The van der Waals surface area contributed by atoms with E-state index in [2.05, 4.69) is 46.3 Å². The Morgan fingerprint density at radius 3 is 2.53 bits per heavy atom. The van der Waals surface area contributed by atoms with Crippen LogP contribution in [0.25, 0.3) is 0 Å². The van der Waals surface area contributed by atoms with Crippen molar-refractivity contribution < 1.29 is 0 Å². The molecule has 17 heavy (non-hydrogen) atoms. The molecule has 0 fully saturated rings. The van der Waals surface area contributed by atoms with Gasteiger partial charge in [-0.15, -0.1) is 0 Å². The molecule has 0 radical (unpaired) electrons. The van der Waals surface area contributed by atoms with Crippen molar-refractivity contribution >= 4 is 27.7 Å². The Morgan fingerprint density at radius 1 is 1.29 bits per heavy atom. The lowest BCUT2D eigenvalue weighted by Gasteiger charge is -2.19. The topological polar surface area (TPSA) is 29.3 Å². The van der Waals surface area contributed by atoms with Crippen LogP contribution in [0.3, 0.4) is 0 Å². The van der Waals surface area contributed by atoms with Crippen LogP contribution in [0.5, 0.6) is 0 Å². The highest BCUT2D eigenvalue weighted by Crippen LogP contribution is 2.17. The molecule has 0 aliphatic carbocycles. The average molecular weight is 317 g/mol. The summed E-state index contributed by atoms with van der Waals surface area (Å²) in [5.41, 5.74) is 7.39. The summed E-state index contributed by atoms with van der Waals surface area (Å²) in [6.45, 7) is 2.19. The zero-order valence-electron chi connectivity index (χ0n) is 10.5. The normalized spacial score (nSPS) is 13.0. The number of halogens is 1. The second-order valence-corrected chi connectivity index (χ2v) is 6.14. The Labute approximate surface area is 117 Å². The Kier molecular flexibility index (Phi) is 7.19. The molecule has 2 N–H and O–H groups in total. The second-order valence-electron chi connectivity index (χ2n) is 4.24. The van der Waals surface area contributed by atoms with E-state index in [9.17, 15) is 0 Å². The quantitative estimate of drug-likeness (QED) is 0.838. The van der Waals surface area contributed by atoms with Gasteiger partial charge in [0.25, 0.3) is 0 Å². The van der Waals surface area contributed by atoms with Crippen molar-refractivity contribution in [3.05, 3.63) is 34.3 Å². The number of nitrogens with zero attached hydrogens (tertiary/aromatic N) is 1. The Balaban J connectivity index is 2.34. The summed E-state index contributed by atoms with van der Waals surface area (Å²) in [6, 6.07) is 8.42. The van der Waals surface area contributed by atoms with E-state index < -0.39 is 0 Å². The maximum absolute atomic E-state index is 6.17. The predicted octanol–water partition coefficient (Wildman–Crippen LogP) is 3.13. The summed E-state index contributed by atoms with van der Waals surface area (Å²) in [4.78, 5) is 2.34. The van der Waals surface area contributed by atoms with Crippen LogP contribution in [-0.2, 0) is 0 Å². The lowest BCUT2D eigenvalue weighted by atomic mass is 10.0. The van der Waals surface area contributed by atoms with E-state index in [1.807, 2.05) is 23.9 Å². The second kappa shape index (κ2) is 8.14. The number of rotatable bonds is 7. The van der Waals surface area contributed by atoms with Gasteiger partial charge in [0.05, 0.1) is 0 Å². The van der Waals surface area contributed by atoms with Crippen molar-refractivity contribution in [1.82, 2.24) is 4.90 Å². The third-order valence-corrected chi connectivity index (χ3v) is 3.92. The van der Waals surface area contributed by atoms with Crippen LogP contribution in [0.1, 0.15) is 18.0 Å². The largest absolute Gasteiger partial charge is 0.324 e. The summed E-state index contributed by atoms with van der Waals surface area (Å²) in [5, 5.41) is 0. The molecule has 0 aromatic heterocycles. The van der Waals surface area contributed by atoms with E-state index in [1.165, 1.54) is 11.3 Å². The molecule has 0 bridgehead atoms. The van der Waals surface area contributed by atoms with Gasteiger partial charge in [0.15, 0.2) is 0 Å². The molecule has 0 aliphatic rings. The Hall–Kier alpha value is -0.0300. The third kappa shape index (κ3) is 5.91. The first-order chi connectivity index (χ1) is 8.13. The molecule has 0 aliphatic heterocycles. The van der Waals surface area contributed by atoms with Gasteiger partial charge in [-0.2, -0.15) is 11.8 Å². The molecular weight excluding hydrogens is 296 g/mol. The Bertz CT molecular complexity index is 316. The molecule has 0 amide bonds. The van der Waals surface area contributed by atoms with Crippen LogP contribution < -0.4 is 5.73 Å². The van der Waals surface area contributed by atoms with Crippen molar-refractivity contribution in [2.75, 3.05) is 32.1 Å². The summed E-state index contributed by atoms with van der Waals surface area (Å²) < 4.78 is 1.10. The molecule has 4 heteroatoms. The molecule has 1 unspecified atom stereocenters. The predicted molar refractivity (Wildman–Crippen MR) is 81.6 cm³/mol. The molecule has 0 heterocycles. The van der Waals surface area contributed by atoms with Crippen molar-refractivity contribution in [1.29, 1.82) is 0 Å². The van der Waals surface area contributed by atoms with Gasteiger partial charge in [-0.3, -0.25) is 0 Å². The maximum Gasteiger partial charge on any atom is 0.0307 e. The highest BCUT2D eigenvalue weighted by molar-refractivity contribution is 9.10. The van der Waals surface area contributed by atoms with E-state index in [0.717, 1.165) is 24.0 Å². The van der Waals surface area contributed by atoms with Gasteiger partial charge < -0.3 is 10.6 Å². The van der Waals surface area contributed by atoms with Crippen molar-refractivity contribution in [3.8, 4) is 0 Å². The van der Waals surface area contributed by atoms with Gasteiger partial charge >= 0.3 is 0 Å². The van der Waals surface area contributed by atoms with Crippen molar-refractivity contribution in [3.63, 3.8) is 0 Å². The smallest absolute Gasteiger partial charge is 0.0307 e. The lowest BCUT2D eigenvalue weighted by molar-refractivity contribution is 0.337. The molecule has 0 saturated heterocycles. The lowest BCUT2D eigenvalue weighted by Crippen LogP contribution is -2.25.